The van der Waals surface area contributed by atoms with Gasteiger partial charge in [-0.15, -0.1) is 11.3 Å². The molecule has 0 spiro atoms. The fraction of sp³-hybridized carbons (Fsp3) is 0.714. The number of nitrogens with zero attached hydrogens (tertiary/aromatic N) is 2. The van der Waals surface area contributed by atoms with Gasteiger partial charge in [0, 0.05) is 37.6 Å². The van der Waals surface area contributed by atoms with Gasteiger partial charge in [-0.3, -0.25) is 15.1 Å². The summed E-state index contributed by atoms with van der Waals surface area (Å²) in [6, 6.07) is 1.78. The van der Waals surface area contributed by atoms with Gasteiger partial charge in [0.15, 0.2) is 0 Å². The second kappa shape index (κ2) is 9.45. The lowest BCUT2D eigenvalue weighted by molar-refractivity contribution is 0.0258. The first-order valence-electron chi connectivity index (χ1n) is 10.9. The van der Waals surface area contributed by atoms with Gasteiger partial charge in [-0.05, 0) is 55.6 Å². The van der Waals surface area contributed by atoms with Crippen LogP contribution in [0.4, 0.5) is 4.79 Å². The third kappa shape index (κ3) is 5.29. The minimum absolute atomic E-state index is 0.210. The lowest BCUT2D eigenvalue weighted by Crippen LogP contribution is -2.51. The topological polar surface area (TPSA) is 73.9 Å². The highest BCUT2D eigenvalue weighted by molar-refractivity contribution is 7.14. The summed E-state index contributed by atoms with van der Waals surface area (Å²) >= 11 is 1.56. The number of likely N-dealkylation sites (tertiary alicyclic amines) is 1. The summed E-state index contributed by atoms with van der Waals surface area (Å²) in [5.41, 5.74) is 6.50. The SMILES string of the molecule is CC1CCc2sc(C(=O)NNC(=O)N3CCC(CN4CCOCC4)CC3)cc2C1. The van der Waals surface area contributed by atoms with Crippen LogP contribution in [0.1, 0.15) is 46.3 Å². The molecular formula is C21H32N4O3S. The number of amides is 3. The number of urea groups is 1. The zero-order valence-corrected chi connectivity index (χ0v) is 18.1. The van der Waals surface area contributed by atoms with Crippen LogP contribution in [0.5, 0.6) is 0 Å². The third-order valence-electron chi connectivity index (χ3n) is 6.36. The molecule has 1 aromatic rings. The number of piperidine rings is 1. The van der Waals surface area contributed by atoms with Crippen molar-refractivity contribution in [3.8, 4) is 0 Å². The number of carbonyl (C=O) groups excluding carboxylic acids is 2. The summed E-state index contributed by atoms with van der Waals surface area (Å²) < 4.78 is 5.41. The number of nitrogens with one attached hydrogen (secondary N) is 2. The van der Waals surface area contributed by atoms with Gasteiger partial charge in [-0.25, -0.2) is 10.2 Å². The summed E-state index contributed by atoms with van der Waals surface area (Å²) in [5, 5.41) is 0. The molecule has 0 aromatic carbocycles. The van der Waals surface area contributed by atoms with E-state index in [-0.39, 0.29) is 11.9 Å². The number of rotatable bonds is 3. The van der Waals surface area contributed by atoms with Crippen molar-refractivity contribution in [2.24, 2.45) is 11.8 Å². The van der Waals surface area contributed by atoms with E-state index in [4.69, 9.17) is 4.74 Å². The molecule has 29 heavy (non-hydrogen) atoms. The van der Waals surface area contributed by atoms with Crippen LogP contribution in [0.15, 0.2) is 6.07 Å². The van der Waals surface area contributed by atoms with Crippen LogP contribution in [0.3, 0.4) is 0 Å². The van der Waals surface area contributed by atoms with Crippen molar-refractivity contribution in [1.29, 1.82) is 0 Å². The molecule has 2 saturated heterocycles. The molecule has 1 atom stereocenters. The molecule has 3 aliphatic rings. The Morgan fingerprint density at radius 3 is 2.66 bits per heavy atom. The molecule has 1 aromatic heterocycles. The number of aryl methyl sites for hydroxylation is 1. The molecule has 2 aliphatic heterocycles. The fourth-order valence-corrected chi connectivity index (χ4v) is 5.64. The highest BCUT2D eigenvalue weighted by Crippen LogP contribution is 2.32. The molecule has 2 fully saturated rings. The number of hydrazine groups is 1. The predicted molar refractivity (Wildman–Crippen MR) is 113 cm³/mol. The fourth-order valence-electron chi connectivity index (χ4n) is 4.54. The van der Waals surface area contributed by atoms with E-state index in [0.29, 0.717) is 16.7 Å². The standard InChI is InChI=1S/C21H32N4O3S/c1-15-2-3-18-17(12-15)13-19(29-18)20(26)22-23-21(27)25-6-4-16(5-7-25)14-24-8-10-28-11-9-24/h13,15-16H,2-12,14H2,1H3,(H,22,26)(H,23,27). The zero-order chi connectivity index (χ0) is 20.2. The molecule has 0 bridgehead atoms. The Labute approximate surface area is 176 Å². The number of carbonyl (C=O) groups is 2. The van der Waals surface area contributed by atoms with E-state index in [1.54, 1.807) is 16.2 Å². The highest BCUT2D eigenvalue weighted by atomic mass is 32.1. The van der Waals surface area contributed by atoms with Crippen LogP contribution in [-0.4, -0.2) is 67.7 Å². The van der Waals surface area contributed by atoms with E-state index in [1.807, 2.05) is 6.07 Å². The van der Waals surface area contributed by atoms with Crippen LogP contribution >= 0.6 is 11.3 Å². The Hall–Kier alpha value is -1.64. The Morgan fingerprint density at radius 1 is 1.14 bits per heavy atom. The van der Waals surface area contributed by atoms with Gasteiger partial charge in [0.1, 0.15) is 0 Å². The summed E-state index contributed by atoms with van der Waals surface area (Å²) in [5.74, 6) is 1.10. The molecule has 0 radical (unpaired) electrons. The highest BCUT2D eigenvalue weighted by Gasteiger charge is 2.26. The first-order valence-corrected chi connectivity index (χ1v) is 11.7. The Morgan fingerprint density at radius 2 is 1.90 bits per heavy atom. The lowest BCUT2D eigenvalue weighted by Gasteiger charge is -2.35. The van der Waals surface area contributed by atoms with E-state index in [9.17, 15) is 9.59 Å². The van der Waals surface area contributed by atoms with E-state index in [1.165, 1.54) is 16.9 Å². The summed E-state index contributed by atoms with van der Waals surface area (Å²) in [6.45, 7) is 8.50. The van der Waals surface area contributed by atoms with E-state index >= 15 is 0 Å². The van der Waals surface area contributed by atoms with Gasteiger partial charge in [-0.1, -0.05) is 6.92 Å². The van der Waals surface area contributed by atoms with Crippen molar-refractivity contribution in [2.45, 2.75) is 39.0 Å². The maximum absolute atomic E-state index is 12.5. The van der Waals surface area contributed by atoms with Crippen LogP contribution in [0.2, 0.25) is 0 Å². The van der Waals surface area contributed by atoms with Gasteiger partial charge >= 0.3 is 6.03 Å². The summed E-state index contributed by atoms with van der Waals surface area (Å²) in [4.78, 5) is 31.2. The van der Waals surface area contributed by atoms with E-state index in [0.717, 1.165) is 71.6 Å². The lowest BCUT2D eigenvalue weighted by atomic mass is 9.90. The first kappa shape index (κ1) is 20.6. The summed E-state index contributed by atoms with van der Waals surface area (Å²) in [7, 11) is 0. The first-order chi connectivity index (χ1) is 14.1. The van der Waals surface area contributed by atoms with Gasteiger partial charge in [0.05, 0.1) is 18.1 Å². The molecule has 0 saturated carbocycles. The molecule has 3 heterocycles. The molecule has 4 rings (SSSR count). The minimum atomic E-state index is -0.215. The number of ether oxygens (including phenoxy) is 1. The van der Waals surface area contributed by atoms with Crippen molar-refractivity contribution < 1.29 is 14.3 Å². The van der Waals surface area contributed by atoms with Crippen molar-refractivity contribution >= 4 is 23.3 Å². The monoisotopic (exact) mass is 420 g/mol. The second-order valence-corrected chi connectivity index (χ2v) is 9.77. The Kier molecular flexibility index (Phi) is 6.72. The molecular weight excluding hydrogens is 388 g/mol. The molecule has 2 N–H and O–H groups in total. The molecule has 3 amide bonds. The van der Waals surface area contributed by atoms with Gasteiger partial charge in [-0.2, -0.15) is 0 Å². The number of morpholine rings is 1. The Balaban J connectivity index is 1.19. The van der Waals surface area contributed by atoms with Crippen molar-refractivity contribution in [1.82, 2.24) is 20.7 Å². The van der Waals surface area contributed by atoms with Gasteiger partial charge in [0.2, 0.25) is 0 Å². The normalized spacial score (nSPS) is 23.5. The van der Waals surface area contributed by atoms with Crippen molar-refractivity contribution in [3.63, 3.8) is 0 Å². The molecule has 1 aliphatic carbocycles. The number of hydrogen-bond acceptors (Lipinski definition) is 5. The van der Waals surface area contributed by atoms with Crippen LogP contribution < -0.4 is 10.9 Å². The van der Waals surface area contributed by atoms with Gasteiger partial charge < -0.3 is 9.64 Å². The van der Waals surface area contributed by atoms with E-state index < -0.39 is 0 Å². The zero-order valence-electron chi connectivity index (χ0n) is 17.2. The molecule has 7 nitrogen and oxygen atoms in total. The van der Waals surface area contributed by atoms with Crippen molar-refractivity contribution in [3.05, 3.63) is 21.4 Å². The minimum Gasteiger partial charge on any atom is -0.379 e. The quantitative estimate of drug-likeness (QED) is 0.736. The average Bonchev–Trinajstić information content (AvgIpc) is 3.16. The smallest absolute Gasteiger partial charge is 0.336 e. The predicted octanol–water partition coefficient (Wildman–Crippen LogP) is 2.27. The summed E-state index contributed by atoms with van der Waals surface area (Å²) in [6.07, 6.45) is 5.31. The second-order valence-electron chi connectivity index (χ2n) is 8.63. The molecule has 8 heteroatoms. The van der Waals surface area contributed by atoms with Gasteiger partial charge in [0.25, 0.3) is 5.91 Å². The maximum Gasteiger partial charge on any atom is 0.336 e. The molecule has 1 unspecified atom stereocenters. The molecule has 160 valence electrons. The Bertz CT molecular complexity index is 724. The average molecular weight is 421 g/mol. The van der Waals surface area contributed by atoms with Crippen LogP contribution in [0.25, 0.3) is 0 Å². The van der Waals surface area contributed by atoms with Crippen LogP contribution in [0, 0.1) is 11.8 Å². The largest absolute Gasteiger partial charge is 0.379 e. The van der Waals surface area contributed by atoms with Crippen LogP contribution in [-0.2, 0) is 17.6 Å². The number of fused-ring (bicyclic) bond motifs is 1. The maximum atomic E-state index is 12.5. The number of thiophene rings is 1. The van der Waals surface area contributed by atoms with E-state index in [2.05, 4.69) is 22.7 Å². The number of hydrogen-bond donors (Lipinski definition) is 2. The van der Waals surface area contributed by atoms with Crippen molar-refractivity contribution in [2.75, 3.05) is 45.9 Å². The third-order valence-corrected chi connectivity index (χ3v) is 7.59.